The van der Waals surface area contributed by atoms with Gasteiger partial charge in [0.1, 0.15) is 0 Å². The van der Waals surface area contributed by atoms with E-state index in [-0.39, 0.29) is 11.3 Å². The normalized spacial score (nSPS) is 17.5. The van der Waals surface area contributed by atoms with Gasteiger partial charge < -0.3 is 10.1 Å². The lowest BCUT2D eigenvalue weighted by Crippen LogP contribution is -2.28. The number of nitrogens with zero attached hydrogens (tertiary/aromatic N) is 2. The minimum atomic E-state index is -0.0992. The number of carbonyl (C=O) groups excluding carboxylic acids is 1. The van der Waals surface area contributed by atoms with Crippen LogP contribution in [-0.2, 0) is 16.1 Å². The molecule has 0 saturated carbocycles. The first-order valence-electron chi connectivity index (χ1n) is 8.07. The molecule has 1 N–H and O–H groups in total. The number of ether oxygens (including phenoxy) is 1. The number of aryl methyl sites for hydroxylation is 1. The molecule has 0 bridgehead atoms. The number of rotatable bonds is 6. The maximum absolute atomic E-state index is 11.9. The van der Waals surface area contributed by atoms with Gasteiger partial charge in [0.25, 0.3) is 0 Å². The number of fused-ring (bicyclic) bond motifs is 1. The Bertz CT molecular complexity index is 735. The summed E-state index contributed by atoms with van der Waals surface area (Å²) in [4.78, 5) is 23.7. The van der Waals surface area contributed by atoms with Crippen molar-refractivity contribution < 1.29 is 9.53 Å². The number of amides is 1. The van der Waals surface area contributed by atoms with Gasteiger partial charge in [0.05, 0.1) is 24.4 Å². The fourth-order valence-electron chi connectivity index (χ4n) is 2.88. The minimum absolute atomic E-state index is 0.00687. The van der Waals surface area contributed by atoms with Crippen molar-refractivity contribution in [2.75, 3.05) is 13.2 Å². The molecule has 3 rings (SSSR count). The Morgan fingerprint density at radius 3 is 3.09 bits per heavy atom. The van der Waals surface area contributed by atoms with Gasteiger partial charge in [0.15, 0.2) is 0 Å². The summed E-state index contributed by atoms with van der Waals surface area (Å²) in [5.41, 5.74) is 0.657. The number of benzene rings is 1. The van der Waals surface area contributed by atoms with E-state index in [9.17, 15) is 9.59 Å². The highest BCUT2D eigenvalue weighted by atomic mass is 16.5. The molecular formula is C17H21N3O3. The molecule has 1 aliphatic rings. The van der Waals surface area contributed by atoms with Crippen LogP contribution in [0.25, 0.3) is 10.9 Å². The Kier molecular flexibility index (Phi) is 5.02. The van der Waals surface area contributed by atoms with Crippen LogP contribution in [0.5, 0.6) is 0 Å². The van der Waals surface area contributed by atoms with E-state index in [4.69, 9.17) is 4.74 Å². The molecule has 1 aliphatic heterocycles. The molecule has 2 aromatic rings. The first-order valence-corrected chi connectivity index (χ1v) is 8.07. The number of hydrogen-bond donors (Lipinski definition) is 1. The Labute approximate surface area is 134 Å². The molecule has 1 saturated heterocycles. The molecule has 6 heteroatoms. The molecule has 23 heavy (non-hydrogen) atoms. The lowest BCUT2D eigenvalue weighted by molar-refractivity contribution is -0.121. The van der Waals surface area contributed by atoms with Gasteiger partial charge in [-0.2, -0.15) is 5.10 Å². The fraction of sp³-hybridized carbons (Fsp3) is 0.471. The first-order chi connectivity index (χ1) is 11.2. The van der Waals surface area contributed by atoms with Crippen molar-refractivity contribution in [1.82, 2.24) is 15.1 Å². The molecule has 1 aromatic carbocycles. The van der Waals surface area contributed by atoms with Crippen LogP contribution in [0.4, 0.5) is 0 Å². The summed E-state index contributed by atoms with van der Waals surface area (Å²) in [6.07, 6.45) is 5.00. The Morgan fingerprint density at radius 1 is 1.39 bits per heavy atom. The summed E-state index contributed by atoms with van der Waals surface area (Å²) in [7, 11) is 0. The van der Waals surface area contributed by atoms with E-state index < -0.39 is 0 Å². The number of para-hydroxylation sites is 1. The Hall–Kier alpha value is -2.21. The molecule has 1 amide bonds. The summed E-state index contributed by atoms with van der Waals surface area (Å²) in [5, 5.41) is 7.67. The quantitative estimate of drug-likeness (QED) is 0.876. The second-order valence-corrected chi connectivity index (χ2v) is 5.77. The van der Waals surface area contributed by atoms with Crippen LogP contribution in [0.15, 0.2) is 35.3 Å². The third kappa shape index (κ3) is 3.96. The average molecular weight is 315 g/mol. The zero-order valence-electron chi connectivity index (χ0n) is 13.0. The molecule has 2 heterocycles. The van der Waals surface area contributed by atoms with E-state index in [1.807, 2.05) is 18.2 Å². The Balaban J connectivity index is 1.52. The molecule has 0 spiro atoms. The van der Waals surface area contributed by atoms with Gasteiger partial charge in [-0.1, -0.05) is 12.1 Å². The number of nitrogens with one attached hydrogen (secondary N) is 1. The van der Waals surface area contributed by atoms with Crippen molar-refractivity contribution in [3.63, 3.8) is 0 Å². The summed E-state index contributed by atoms with van der Waals surface area (Å²) >= 11 is 0. The molecule has 6 nitrogen and oxygen atoms in total. The van der Waals surface area contributed by atoms with E-state index in [0.29, 0.717) is 31.0 Å². The van der Waals surface area contributed by atoms with E-state index in [0.717, 1.165) is 31.4 Å². The van der Waals surface area contributed by atoms with Crippen molar-refractivity contribution in [3.8, 4) is 0 Å². The van der Waals surface area contributed by atoms with Gasteiger partial charge in [0.2, 0.25) is 11.3 Å². The number of carbonyl (C=O) groups is 1. The standard InChI is InChI=1S/C17H21N3O3/c21-16-12-19-20(15-6-2-1-5-14(15)16)10-8-17(22)18-9-7-13-4-3-11-23-13/h1-2,5-6,12-13H,3-4,7-11H2,(H,18,22)/t13-/m1/s1. The van der Waals surface area contributed by atoms with Crippen LogP contribution in [0.1, 0.15) is 25.7 Å². The van der Waals surface area contributed by atoms with Gasteiger partial charge in [-0.3, -0.25) is 14.3 Å². The summed E-state index contributed by atoms with van der Waals surface area (Å²) in [6.45, 7) is 1.93. The maximum atomic E-state index is 11.9. The Morgan fingerprint density at radius 2 is 2.26 bits per heavy atom. The molecule has 1 fully saturated rings. The molecule has 0 unspecified atom stereocenters. The lowest BCUT2D eigenvalue weighted by Gasteiger charge is -2.11. The number of aromatic nitrogens is 2. The van der Waals surface area contributed by atoms with Crippen molar-refractivity contribution in [2.24, 2.45) is 0 Å². The van der Waals surface area contributed by atoms with Crippen molar-refractivity contribution in [2.45, 2.75) is 38.3 Å². The zero-order valence-corrected chi connectivity index (χ0v) is 13.0. The van der Waals surface area contributed by atoms with Crippen LogP contribution in [0, 0.1) is 0 Å². The van der Waals surface area contributed by atoms with E-state index in [2.05, 4.69) is 10.4 Å². The van der Waals surface area contributed by atoms with Crippen molar-refractivity contribution in [3.05, 3.63) is 40.7 Å². The SMILES string of the molecule is O=C(CCn1ncc(=O)c2ccccc21)NCC[C@H]1CCCO1. The first kappa shape index (κ1) is 15.7. The van der Waals surface area contributed by atoms with Crippen LogP contribution in [0.3, 0.4) is 0 Å². The topological polar surface area (TPSA) is 73.2 Å². The molecular weight excluding hydrogens is 294 g/mol. The molecule has 0 aliphatic carbocycles. The third-order valence-corrected chi connectivity index (χ3v) is 4.13. The molecule has 1 aromatic heterocycles. The predicted molar refractivity (Wildman–Crippen MR) is 87.2 cm³/mol. The van der Waals surface area contributed by atoms with E-state index >= 15 is 0 Å². The van der Waals surface area contributed by atoms with Gasteiger partial charge in [-0.15, -0.1) is 0 Å². The third-order valence-electron chi connectivity index (χ3n) is 4.13. The van der Waals surface area contributed by atoms with E-state index in [1.165, 1.54) is 6.20 Å². The maximum Gasteiger partial charge on any atom is 0.221 e. The van der Waals surface area contributed by atoms with Crippen LogP contribution < -0.4 is 10.7 Å². The highest BCUT2D eigenvalue weighted by Gasteiger charge is 2.15. The predicted octanol–water partition coefficient (Wildman–Crippen LogP) is 1.47. The van der Waals surface area contributed by atoms with E-state index in [1.54, 1.807) is 10.7 Å². The van der Waals surface area contributed by atoms with Gasteiger partial charge in [0, 0.05) is 25.0 Å². The summed E-state index contributed by atoms with van der Waals surface area (Å²) in [5.74, 6) is -0.00687. The summed E-state index contributed by atoms with van der Waals surface area (Å²) < 4.78 is 7.23. The smallest absolute Gasteiger partial charge is 0.221 e. The largest absolute Gasteiger partial charge is 0.378 e. The fourth-order valence-corrected chi connectivity index (χ4v) is 2.88. The lowest BCUT2D eigenvalue weighted by atomic mass is 10.2. The monoisotopic (exact) mass is 315 g/mol. The van der Waals surface area contributed by atoms with Crippen LogP contribution in [-0.4, -0.2) is 34.9 Å². The second kappa shape index (κ2) is 7.37. The van der Waals surface area contributed by atoms with Crippen LogP contribution >= 0.6 is 0 Å². The molecule has 0 radical (unpaired) electrons. The minimum Gasteiger partial charge on any atom is -0.378 e. The highest BCUT2D eigenvalue weighted by molar-refractivity contribution is 5.78. The van der Waals surface area contributed by atoms with Gasteiger partial charge in [-0.05, 0) is 31.4 Å². The second-order valence-electron chi connectivity index (χ2n) is 5.77. The highest BCUT2D eigenvalue weighted by Crippen LogP contribution is 2.14. The molecule has 1 atom stereocenters. The number of hydrogen-bond acceptors (Lipinski definition) is 4. The summed E-state index contributed by atoms with van der Waals surface area (Å²) in [6, 6.07) is 7.31. The zero-order chi connectivity index (χ0) is 16.1. The average Bonchev–Trinajstić information content (AvgIpc) is 3.08. The van der Waals surface area contributed by atoms with Crippen molar-refractivity contribution >= 4 is 16.8 Å². The van der Waals surface area contributed by atoms with Crippen LogP contribution in [0.2, 0.25) is 0 Å². The van der Waals surface area contributed by atoms with Gasteiger partial charge in [-0.25, -0.2) is 0 Å². The van der Waals surface area contributed by atoms with Gasteiger partial charge >= 0.3 is 0 Å². The van der Waals surface area contributed by atoms with Crippen molar-refractivity contribution in [1.29, 1.82) is 0 Å². The molecule has 122 valence electrons.